The number of carbonyl (C=O) groups is 1. The van der Waals surface area contributed by atoms with E-state index >= 15 is 0 Å². The Bertz CT molecular complexity index is 1040. The van der Waals surface area contributed by atoms with E-state index in [1.807, 2.05) is 30.4 Å². The number of alkyl halides is 3. The van der Waals surface area contributed by atoms with E-state index in [0.29, 0.717) is 6.42 Å². The van der Waals surface area contributed by atoms with Crippen LogP contribution in [0.4, 0.5) is 18.9 Å². The summed E-state index contributed by atoms with van der Waals surface area (Å²) in [6.07, 6.45) is 4.89. The number of aromatic amines is 1. The molecule has 1 aromatic heterocycles. The van der Waals surface area contributed by atoms with Crippen LogP contribution in [0.15, 0.2) is 54.7 Å². The number of hydrogen-bond acceptors (Lipinski definition) is 1. The zero-order valence-corrected chi connectivity index (χ0v) is 15.7. The van der Waals surface area contributed by atoms with Crippen molar-refractivity contribution >= 4 is 28.6 Å². The Morgan fingerprint density at radius 3 is 2.55 bits per heavy atom. The molecule has 3 nitrogen and oxygen atoms in total. The number of rotatable bonds is 5. The highest BCUT2D eigenvalue weighted by Crippen LogP contribution is 2.31. The van der Waals surface area contributed by atoms with Crippen LogP contribution in [-0.2, 0) is 17.4 Å². The Kier molecular flexibility index (Phi) is 5.18. The quantitative estimate of drug-likeness (QED) is 0.529. The molecular weight excluding hydrogens is 377 g/mol. The van der Waals surface area contributed by atoms with Gasteiger partial charge in [-0.2, -0.15) is 13.2 Å². The fourth-order valence-corrected chi connectivity index (χ4v) is 3.41. The average molecular weight is 398 g/mol. The van der Waals surface area contributed by atoms with Crippen molar-refractivity contribution < 1.29 is 18.0 Å². The zero-order valence-electron chi connectivity index (χ0n) is 15.7. The van der Waals surface area contributed by atoms with E-state index in [0.717, 1.165) is 59.1 Å². The number of H-pyrrole nitrogens is 1. The first-order chi connectivity index (χ1) is 13.9. The van der Waals surface area contributed by atoms with Crippen LogP contribution in [0.25, 0.3) is 17.0 Å². The number of benzene rings is 2. The molecule has 1 saturated carbocycles. The third-order valence-electron chi connectivity index (χ3n) is 5.38. The highest BCUT2D eigenvalue weighted by atomic mass is 19.4. The summed E-state index contributed by atoms with van der Waals surface area (Å²) < 4.78 is 37.9. The highest BCUT2D eigenvalue weighted by molar-refractivity contribution is 6.03. The number of allylic oxidation sites excluding steroid dienone is 1. The predicted octanol–water partition coefficient (Wildman–Crippen LogP) is 6.18. The summed E-state index contributed by atoms with van der Waals surface area (Å²) >= 11 is 0. The molecule has 2 N–H and O–H groups in total. The normalized spacial score (nSPS) is 15.0. The third kappa shape index (κ3) is 4.36. The summed E-state index contributed by atoms with van der Waals surface area (Å²) in [7, 11) is 0. The molecule has 29 heavy (non-hydrogen) atoms. The molecule has 4 rings (SSSR count). The zero-order chi connectivity index (χ0) is 20.4. The van der Waals surface area contributed by atoms with Gasteiger partial charge in [-0.05, 0) is 54.7 Å². The van der Waals surface area contributed by atoms with Crippen LogP contribution >= 0.6 is 0 Å². The molecule has 150 valence electrons. The van der Waals surface area contributed by atoms with Crippen LogP contribution < -0.4 is 5.32 Å². The Labute approximate surface area is 166 Å². The standard InChI is InChI=1S/C23H21F3N2O/c24-23(25,26)18-10-7-15(8-11-18)3-1-4-16-9-12-20-19(13-16)21(14-27-20)28-22(29)17-5-2-6-17/h1,4,7-14,17,27H,2-3,5-6H2,(H,28,29)/b4-1+. The van der Waals surface area contributed by atoms with E-state index in [1.54, 1.807) is 6.20 Å². The number of hydrogen-bond donors (Lipinski definition) is 2. The van der Waals surface area contributed by atoms with Crippen LogP contribution in [0.3, 0.4) is 0 Å². The minimum Gasteiger partial charge on any atom is -0.359 e. The fourth-order valence-electron chi connectivity index (χ4n) is 3.41. The number of halogens is 3. The fraction of sp³-hybridized carbons (Fsp3) is 0.261. The van der Waals surface area contributed by atoms with Crippen LogP contribution in [0, 0.1) is 5.92 Å². The lowest BCUT2D eigenvalue weighted by Gasteiger charge is -2.23. The van der Waals surface area contributed by atoms with Crippen molar-refractivity contribution in [3.05, 3.63) is 71.4 Å². The van der Waals surface area contributed by atoms with Crippen LogP contribution in [-0.4, -0.2) is 10.9 Å². The SMILES string of the molecule is O=C(Nc1c[nH]c2ccc(/C=C/Cc3ccc(C(F)(F)F)cc3)cc12)C1CCC1. The summed E-state index contributed by atoms with van der Waals surface area (Å²) in [4.78, 5) is 15.4. The van der Waals surface area contributed by atoms with Crippen LogP contribution in [0.1, 0.15) is 36.0 Å². The van der Waals surface area contributed by atoms with Gasteiger partial charge >= 0.3 is 6.18 Å². The van der Waals surface area contributed by atoms with Gasteiger partial charge in [0.05, 0.1) is 11.3 Å². The molecule has 0 saturated heterocycles. The average Bonchev–Trinajstić information content (AvgIpc) is 3.02. The first-order valence-corrected chi connectivity index (χ1v) is 9.65. The van der Waals surface area contributed by atoms with Gasteiger partial charge in [-0.25, -0.2) is 0 Å². The molecule has 2 aromatic carbocycles. The molecule has 1 fully saturated rings. The molecule has 0 atom stereocenters. The molecule has 0 bridgehead atoms. The van der Waals surface area contributed by atoms with E-state index in [-0.39, 0.29) is 11.8 Å². The van der Waals surface area contributed by atoms with E-state index in [4.69, 9.17) is 0 Å². The lowest BCUT2D eigenvalue weighted by molar-refractivity contribution is -0.137. The van der Waals surface area contributed by atoms with Crippen molar-refractivity contribution in [3.63, 3.8) is 0 Å². The third-order valence-corrected chi connectivity index (χ3v) is 5.38. The minimum absolute atomic E-state index is 0.0698. The van der Waals surface area contributed by atoms with Crippen molar-refractivity contribution in [1.29, 1.82) is 0 Å². The summed E-state index contributed by atoms with van der Waals surface area (Å²) in [5, 5.41) is 3.95. The Balaban J connectivity index is 1.45. The van der Waals surface area contributed by atoms with E-state index in [2.05, 4.69) is 10.3 Å². The molecule has 1 aliphatic carbocycles. The second kappa shape index (κ2) is 7.78. The maximum atomic E-state index is 12.6. The van der Waals surface area contributed by atoms with Gasteiger partial charge in [0.15, 0.2) is 0 Å². The van der Waals surface area contributed by atoms with Crippen molar-refractivity contribution in [2.45, 2.75) is 31.9 Å². The van der Waals surface area contributed by atoms with Crippen molar-refractivity contribution in [1.82, 2.24) is 4.98 Å². The number of fused-ring (bicyclic) bond motifs is 1. The second-order valence-electron chi connectivity index (χ2n) is 7.43. The maximum Gasteiger partial charge on any atom is 0.416 e. The summed E-state index contributed by atoms with van der Waals surface area (Å²) in [5.41, 5.74) is 2.84. The molecule has 0 radical (unpaired) electrons. The smallest absolute Gasteiger partial charge is 0.359 e. The van der Waals surface area contributed by atoms with Crippen molar-refractivity contribution in [2.24, 2.45) is 5.92 Å². The maximum absolute atomic E-state index is 12.6. The van der Waals surface area contributed by atoms with Crippen LogP contribution in [0.5, 0.6) is 0 Å². The molecule has 3 aromatic rings. The van der Waals surface area contributed by atoms with Gasteiger partial charge < -0.3 is 10.3 Å². The number of anilines is 1. The monoisotopic (exact) mass is 398 g/mol. The molecule has 0 unspecified atom stereocenters. The van der Waals surface area contributed by atoms with Crippen LogP contribution in [0.2, 0.25) is 0 Å². The molecule has 0 spiro atoms. The van der Waals surface area contributed by atoms with E-state index in [9.17, 15) is 18.0 Å². The molecule has 0 aliphatic heterocycles. The Hall–Kier alpha value is -3.02. The summed E-state index contributed by atoms with van der Waals surface area (Å²) in [6.45, 7) is 0. The van der Waals surface area contributed by atoms with E-state index < -0.39 is 11.7 Å². The molecule has 6 heteroatoms. The number of aromatic nitrogens is 1. The Morgan fingerprint density at radius 2 is 1.90 bits per heavy atom. The molecule has 1 amide bonds. The number of carbonyl (C=O) groups excluding carboxylic acids is 1. The van der Waals surface area contributed by atoms with Gasteiger partial charge in [-0.1, -0.05) is 36.8 Å². The summed E-state index contributed by atoms with van der Waals surface area (Å²) in [5.74, 6) is 0.187. The first-order valence-electron chi connectivity index (χ1n) is 9.65. The lowest BCUT2D eigenvalue weighted by Crippen LogP contribution is -2.27. The largest absolute Gasteiger partial charge is 0.416 e. The highest BCUT2D eigenvalue weighted by Gasteiger charge is 2.29. The lowest BCUT2D eigenvalue weighted by atomic mass is 9.85. The first kappa shape index (κ1) is 19.3. The molecule has 1 heterocycles. The molecular formula is C23H21F3N2O. The van der Waals surface area contributed by atoms with Gasteiger partial charge in [-0.3, -0.25) is 4.79 Å². The van der Waals surface area contributed by atoms with Gasteiger partial charge in [0.1, 0.15) is 0 Å². The van der Waals surface area contributed by atoms with Gasteiger partial charge in [-0.15, -0.1) is 0 Å². The Morgan fingerprint density at radius 1 is 1.14 bits per heavy atom. The topological polar surface area (TPSA) is 44.9 Å². The number of nitrogens with one attached hydrogen (secondary N) is 2. The van der Waals surface area contributed by atoms with Gasteiger partial charge in [0.2, 0.25) is 5.91 Å². The summed E-state index contributed by atoms with van der Waals surface area (Å²) in [6, 6.07) is 11.1. The van der Waals surface area contributed by atoms with Gasteiger partial charge in [0, 0.05) is 23.0 Å². The van der Waals surface area contributed by atoms with Gasteiger partial charge in [0.25, 0.3) is 0 Å². The van der Waals surface area contributed by atoms with E-state index in [1.165, 1.54) is 12.1 Å². The van der Waals surface area contributed by atoms with Crippen molar-refractivity contribution in [3.8, 4) is 0 Å². The molecule has 1 aliphatic rings. The predicted molar refractivity (Wildman–Crippen MR) is 108 cm³/mol. The van der Waals surface area contributed by atoms with Crippen molar-refractivity contribution in [2.75, 3.05) is 5.32 Å². The minimum atomic E-state index is -4.31. The second-order valence-corrected chi connectivity index (χ2v) is 7.43. The number of amides is 1.